The molecule has 0 unspecified atom stereocenters. The minimum Gasteiger partial charge on any atom is -0.387 e. The van der Waals surface area contributed by atoms with Crippen LogP contribution in [0.2, 0.25) is 0 Å². The number of aliphatic hydroxyl groups excluding tert-OH is 1. The first-order valence-corrected chi connectivity index (χ1v) is 13.8. The van der Waals surface area contributed by atoms with Gasteiger partial charge in [-0.1, -0.05) is 60.7 Å². The lowest BCUT2D eigenvalue weighted by Gasteiger charge is -2.18. The van der Waals surface area contributed by atoms with Crippen molar-refractivity contribution in [2.45, 2.75) is 58.6 Å². The summed E-state index contributed by atoms with van der Waals surface area (Å²) in [6.07, 6.45) is 4.19. The molecule has 39 heavy (non-hydrogen) atoms. The van der Waals surface area contributed by atoms with Crippen molar-refractivity contribution in [3.63, 3.8) is 0 Å². The Kier molecular flexibility index (Phi) is 10.1. The van der Waals surface area contributed by atoms with Gasteiger partial charge in [-0.15, -0.1) is 0 Å². The third-order valence-corrected chi connectivity index (χ3v) is 7.02. The largest absolute Gasteiger partial charge is 0.387 e. The first-order valence-electron chi connectivity index (χ1n) is 13.8. The molecular weight excluding hydrogens is 484 g/mol. The SMILES string of the molecule is Cc1ccc(C)n1-c1ccc([C@@H](O)CN[C@H](C)Cc2cccc(CC(=O)NCCCc3ccccc3)c2)cn1. The Morgan fingerprint density at radius 2 is 1.64 bits per heavy atom. The standard InChI is InChI=1S/C33H40N4O2/c1-24(35-23-31(38)30-16-17-32(36-22-30)37-25(2)14-15-26(37)3)19-28-11-7-12-29(20-28)21-33(39)34-18-8-13-27-9-5-4-6-10-27/h4-7,9-12,14-17,20,22,24,31,35,38H,8,13,18-19,21,23H2,1-3H3,(H,34,39)/t24-,31+/m1/s1. The van der Waals surface area contributed by atoms with Crippen LogP contribution in [0.1, 0.15) is 53.1 Å². The van der Waals surface area contributed by atoms with Crippen LogP contribution in [0.5, 0.6) is 0 Å². The molecule has 0 fully saturated rings. The predicted octanol–water partition coefficient (Wildman–Crippen LogP) is 5.03. The van der Waals surface area contributed by atoms with Gasteiger partial charge in [-0.2, -0.15) is 0 Å². The van der Waals surface area contributed by atoms with Crippen molar-refractivity contribution in [3.05, 3.63) is 119 Å². The highest BCUT2D eigenvalue weighted by atomic mass is 16.3. The fraction of sp³-hybridized carbons (Fsp3) is 0.333. The van der Waals surface area contributed by atoms with E-state index in [0.29, 0.717) is 19.5 Å². The van der Waals surface area contributed by atoms with E-state index in [1.54, 1.807) is 6.20 Å². The van der Waals surface area contributed by atoms with E-state index in [4.69, 9.17) is 0 Å². The molecule has 1 amide bonds. The molecule has 2 heterocycles. The first kappa shape index (κ1) is 28.3. The molecule has 2 aromatic carbocycles. The maximum atomic E-state index is 12.4. The molecule has 4 rings (SSSR count). The summed E-state index contributed by atoms with van der Waals surface area (Å²) < 4.78 is 2.10. The third-order valence-electron chi connectivity index (χ3n) is 7.02. The van der Waals surface area contributed by atoms with Gasteiger partial charge in [0.2, 0.25) is 5.91 Å². The van der Waals surface area contributed by atoms with Gasteiger partial charge in [0.1, 0.15) is 5.82 Å². The number of hydrogen-bond donors (Lipinski definition) is 3. The Hall–Kier alpha value is -3.74. The zero-order valence-electron chi connectivity index (χ0n) is 23.2. The molecule has 204 valence electrons. The number of rotatable bonds is 13. The minimum atomic E-state index is -0.641. The van der Waals surface area contributed by atoms with Crippen LogP contribution in [0.3, 0.4) is 0 Å². The van der Waals surface area contributed by atoms with Gasteiger partial charge in [0.25, 0.3) is 0 Å². The second kappa shape index (κ2) is 13.9. The average Bonchev–Trinajstić information content (AvgIpc) is 3.28. The molecule has 0 radical (unpaired) electrons. The van der Waals surface area contributed by atoms with Gasteiger partial charge in [-0.25, -0.2) is 4.98 Å². The molecule has 6 nitrogen and oxygen atoms in total. The molecule has 6 heteroatoms. The number of carbonyl (C=O) groups is 1. The zero-order chi connectivity index (χ0) is 27.6. The molecule has 0 saturated heterocycles. The van der Waals surface area contributed by atoms with E-state index in [-0.39, 0.29) is 11.9 Å². The van der Waals surface area contributed by atoms with E-state index in [9.17, 15) is 9.90 Å². The monoisotopic (exact) mass is 524 g/mol. The van der Waals surface area contributed by atoms with Gasteiger partial charge in [-0.05, 0) is 74.9 Å². The Balaban J connectivity index is 1.20. The molecule has 2 aromatic heterocycles. The van der Waals surface area contributed by atoms with Crippen LogP contribution in [0.4, 0.5) is 0 Å². The summed E-state index contributed by atoms with van der Waals surface area (Å²) in [5.74, 6) is 0.907. The van der Waals surface area contributed by atoms with Crippen molar-refractivity contribution in [1.82, 2.24) is 20.2 Å². The number of nitrogens with zero attached hydrogens (tertiary/aromatic N) is 2. The summed E-state index contributed by atoms with van der Waals surface area (Å²) in [6.45, 7) is 7.34. The van der Waals surface area contributed by atoms with Crippen molar-refractivity contribution in [1.29, 1.82) is 0 Å². The van der Waals surface area contributed by atoms with E-state index in [2.05, 4.69) is 77.4 Å². The molecule has 4 aromatic rings. The second-order valence-electron chi connectivity index (χ2n) is 10.4. The van der Waals surface area contributed by atoms with E-state index >= 15 is 0 Å². The minimum absolute atomic E-state index is 0.0521. The summed E-state index contributed by atoms with van der Waals surface area (Å²) in [5.41, 5.74) is 6.53. The Morgan fingerprint density at radius 1 is 0.923 bits per heavy atom. The lowest BCUT2D eigenvalue weighted by atomic mass is 10.0. The fourth-order valence-corrected chi connectivity index (χ4v) is 4.89. The smallest absolute Gasteiger partial charge is 0.224 e. The van der Waals surface area contributed by atoms with Crippen molar-refractivity contribution in [3.8, 4) is 5.82 Å². The van der Waals surface area contributed by atoms with Crippen molar-refractivity contribution in [2.24, 2.45) is 0 Å². The highest BCUT2D eigenvalue weighted by Gasteiger charge is 2.13. The summed E-state index contributed by atoms with van der Waals surface area (Å²) in [5, 5.41) is 17.2. The molecule has 0 aliphatic rings. The lowest BCUT2D eigenvalue weighted by Crippen LogP contribution is -2.32. The van der Waals surface area contributed by atoms with Crippen LogP contribution in [0.15, 0.2) is 85.1 Å². The molecule has 0 bridgehead atoms. The molecule has 0 aliphatic carbocycles. The van der Waals surface area contributed by atoms with Gasteiger partial charge in [0.05, 0.1) is 12.5 Å². The van der Waals surface area contributed by atoms with Crippen LogP contribution in [-0.2, 0) is 24.1 Å². The number of nitrogens with one attached hydrogen (secondary N) is 2. The molecule has 3 N–H and O–H groups in total. The Morgan fingerprint density at radius 3 is 2.36 bits per heavy atom. The number of hydrogen-bond acceptors (Lipinski definition) is 4. The maximum Gasteiger partial charge on any atom is 0.224 e. The van der Waals surface area contributed by atoms with Crippen LogP contribution in [-0.4, -0.2) is 39.7 Å². The van der Waals surface area contributed by atoms with Crippen molar-refractivity contribution < 1.29 is 9.90 Å². The zero-order valence-corrected chi connectivity index (χ0v) is 23.2. The molecular formula is C33H40N4O2. The topological polar surface area (TPSA) is 79.2 Å². The predicted molar refractivity (Wildman–Crippen MR) is 157 cm³/mol. The molecule has 0 aliphatic heterocycles. The van der Waals surface area contributed by atoms with Gasteiger partial charge < -0.3 is 20.3 Å². The normalized spacial score (nSPS) is 12.7. The number of benzene rings is 2. The number of aromatic nitrogens is 2. The summed E-state index contributed by atoms with van der Waals surface area (Å²) in [6, 6.07) is 26.7. The van der Waals surface area contributed by atoms with Crippen molar-refractivity contribution in [2.75, 3.05) is 13.1 Å². The summed E-state index contributed by atoms with van der Waals surface area (Å²) in [7, 11) is 0. The highest BCUT2D eigenvalue weighted by molar-refractivity contribution is 5.78. The Labute approximate surface area is 232 Å². The lowest BCUT2D eigenvalue weighted by molar-refractivity contribution is -0.120. The second-order valence-corrected chi connectivity index (χ2v) is 10.4. The molecule has 2 atom stereocenters. The van der Waals surface area contributed by atoms with Gasteiger partial charge in [0.15, 0.2) is 0 Å². The summed E-state index contributed by atoms with van der Waals surface area (Å²) >= 11 is 0. The van der Waals surface area contributed by atoms with Crippen LogP contribution in [0, 0.1) is 13.8 Å². The van der Waals surface area contributed by atoms with Gasteiger partial charge in [0, 0.05) is 42.3 Å². The summed E-state index contributed by atoms with van der Waals surface area (Å²) in [4.78, 5) is 17.0. The van der Waals surface area contributed by atoms with E-state index in [1.807, 2.05) is 42.5 Å². The average molecular weight is 525 g/mol. The van der Waals surface area contributed by atoms with E-state index in [1.165, 1.54) is 11.1 Å². The number of aryl methyl sites for hydroxylation is 3. The van der Waals surface area contributed by atoms with Crippen molar-refractivity contribution >= 4 is 5.91 Å². The quantitative estimate of drug-likeness (QED) is 0.214. The first-order chi connectivity index (χ1) is 18.9. The number of carbonyl (C=O) groups excluding carboxylic acids is 1. The van der Waals surface area contributed by atoms with Crippen LogP contribution in [0.25, 0.3) is 5.82 Å². The maximum absolute atomic E-state index is 12.4. The number of pyridine rings is 1. The third kappa shape index (κ3) is 8.37. The Bertz CT molecular complexity index is 1310. The van der Waals surface area contributed by atoms with Crippen LogP contribution >= 0.6 is 0 Å². The molecule has 0 spiro atoms. The van der Waals surface area contributed by atoms with Gasteiger partial charge in [-0.3, -0.25) is 4.79 Å². The van der Waals surface area contributed by atoms with Gasteiger partial charge >= 0.3 is 0 Å². The number of amides is 1. The van der Waals surface area contributed by atoms with E-state index < -0.39 is 6.10 Å². The highest BCUT2D eigenvalue weighted by Crippen LogP contribution is 2.17. The van der Waals surface area contributed by atoms with Crippen LogP contribution < -0.4 is 10.6 Å². The number of aliphatic hydroxyl groups is 1. The van der Waals surface area contributed by atoms with E-state index in [0.717, 1.165) is 47.6 Å². The fourth-order valence-electron chi connectivity index (χ4n) is 4.89. The molecule has 0 saturated carbocycles.